The van der Waals surface area contributed by atoms with Crippen molar-refractivity contribution in [1.29, 1.82) is 0 Å². The molecule has 1 atom stereocenters. The minimum atomic E-state index is -0.733. The number of esters is 1. The number of halogens is 1. The summed E-state index contributed by atoms with van der Waals surface area (Å²) in [7, 11) is 1.40. The predicted octanol–water partition coefficient (Wildman–Crippen LogP) is 8.51. The van der Waals surface area contributed by atoms with Crippen molar-refractivity contribution in [1.82, 2.24) is 4.98 Å². The number of carboxylic acids is 1. The van der Waals surface area contributed by atoms with Gasteiger partial charge >= 0.3 is 11.9 Å². The third-order valence-corrected chi connectivity index (χ3v) is 9.50. The molecular weight excluding hydrogens is 554 g/mol. The van der Waals surface area contributed by atoms with E-state index in [0.29, 0.717) is 17.0 Å². The number of carbonyl (C=O) groups is 2. The highest BCUT2D eigenvalue weighted by Crippen LogP contribution is 2.53. The summed E-state index contributed by atoms with van der Waals surface area (Å²) in [5.74, 6) is -0.269. The Kier molecular flexibility index (Phi) is 9.11. The molecule has 1 aliphatic rings. The summed E-state index contributed by atoms with van der Waals surface area (Å²) in [6.07, 6.45) is 7.70. The summed E-state index contributed by atoms with van der Waals surface area (Å²) in [6, 6.07) is 25.7. The Hall–Kier alpha value is -3.61. The third kappa shape index (κ3) is 7.57. The molecule has 4 aromatic rings. The average Bonchev–Trinajstić information content (AvgIpc) is 3.74. The van der Waals surface area contributed by atoms with Crippen LogP contribution in [0.2, 0.25) is 5.02 Å². The van der Waals surface area contributed by atoms with E-state index in [1.54, 1.807) is 6.07 Å². The molecule has 7 heteroatoms. The number of aliphatic carboxylic acids is 1. The van der Waals surface area contributed by atoms with Gasteiger partial charge < -0.3 is 9.84 Å². The Balaban J connectivity index is 1.37. The lowest BCUT2D eigenvalue weighted by Gasteiger charge is -2.21. The van der Waals surface area contributed by atoms with Crippen molar-refractivity contribution in [3.8, 4) is 0 Å². The molecule has 3 aromatic carbocycles. The zero-order valence-electron chi connectivity index (χ0n) is 22.9. The van der Waals surface area contributed by atoms with Crippen molar-refractivity contribution in [3.05, 3.63) is 112 Å². The lowest BCUT2D eigenvalue weighted by Crippen LogP contribution is -2.13. The van der Waals surface area contributed by atoms with E-state index in [-0.39, 0.29) is 23.1 Å². The fourth-order valence-corrected chi connectivity index (χ4v) is 6.81. The van der Waals surface area contributed by atoms with Gasteiger partial charge in [-0.15, -0.1) is 0 Å². The lowest BCUT2D eigenvalue weighted by atomic mass is 9.98. The SMILES string of the molecule is COC(=O)c1ccccc1CC[C@@H](SCC1(CC(=O)O)CC1)c1cccc(C=Cc2ccc3ccc(Cl)cc3n2)c1. The van der Waals surface area contributed by atoms with Crippen molar-refractivity contribution >= 4 is 58.4 Å². The molecule has 5 nitrogen and oxygen atoms in total. The van der Waals surface area contributed by atoms with E-state index in [1.807, 2.05) is 66.4 Å². The van der Waals surface area contributed by atoms with E-state index >= 15 is 0 Å². The van der Waals surface area contributed by atoms with Gasteiger partial charge in [-0.05, 0) is 78.1 Å². The van der Waals surface area contributed by atoms with E-state index in [1.165, 1.54) is 12.7 Å². The first-order valence-electron chi connectivity index (χ1n) is 13.7. The second kappa shape index (κ2) is 12.9. The summed E-state index contributed by atoms with van der Waals surface area (Å²) in [4.78, 5) is 28.5. The van der Waals surface area contributed by atoms with Crippen LogP contribution >= 0.6 is 23.4 Å². The molecule has 0 radical (unpaired) electrons. The molecule has 0 unspecified atom stereocenters. The summed E-state index contributed by atoms with van der Waals surface area (Å²) in [6.45, 7) is 0. The smallest absolute Gasteiger partial charge is 0.338 e. The van der Waals surface area contributed by atoms with Crippen molar-refractivity contribution in [2.75, 3.05) is 12.9 Å². The average molecular weight is 586 g/mol. The number of carboxylic acid groups (broad SMARTS) is 1. The Morgan fingerprint density at radius 1 is 1.05 bits per heavy atom. The van der Waals surface area contributed by atoms with E-state index in [2.05, 4.69) is 30.3 Å². The molecule has 0 amide bonds. The molecule has 210 valence electrons. The second-order valence-corrected chi connectivity index (χ2v) is 12.3. The minimum Gasteiger partial charge on any atom is -0.481 e. The maximum absolute atomic E-state index is 12.3. The molecule has 5 rings (SSSR count). The number of ether oxygens (including phenoxy) is 1. The van der Waals surface area contributed by atoms with Crippen LogP contribution in [0.4, 0.5) is 0 Å². The highest BCUT2D eigenvalue weighted by molar-refractivity contribution is 7.99. The van der Waals surface area contributed by atoms with Gasteiger partial charge in [-0.3, -0.25) is 4.79 Å². The van der Waals surface area contributed by atoms with Crippen LogP contribution in [0.1, 0.15) is 63.7 Å². The van der Waals surface area contributed by atoms with Gasteiger partial charge in [0, 0.05) is 21.4 Å². The highest BCUT2D eigenvalue weighted by Gasteiger charge is 2.44. The maximum atomic E-state index is 12.3. The molecule has 1 N–H and O–H groups in total. The van der Waals surface area contributed by atoms with Gasteiger partial charge in [0.1, 0.15) is 0 Å². The Labute approximate surface area is 249 Å². The number of fused-ring (bicyclic) bond motifs is 1. The number of carbonyl (C=O) groups excluding carboxylic acids is 1. The first-order chi connectivity index (χ1) is 19.8. The number of thioether (sulfide) groups is 1. The molecule has 0 saturated heterocycles. The minimum absolute atomic E-state index is 0.110. The molecule has 0 bridgehead atoms. The normalized spacial score (nSPS) is 14.7. The third-order valence-electron chi connectivity index (χ3n) is 7.58. The van der Waals surface area contributed by atoms with E-state index < -0.39 is 5.97 Å². The van der Waals surface area contributed by atoms with Crippen LogP contribution in [-0.4, -0.2) is 34.9 Å². The molecule has 1 aliphatic carbocycles. The molecule has 0 spiro atoms. The Morgan fingerprint density at radius 3 is 2.63 bits per heavy atom. The number of aromatic nitrogens is 1. The van der Waals surface area contributed by atoms with Crippen molar-refractivity contribution in [2.45, 2.75) is 37.4 Å². The van der Waals surface area contributed by atoms with Gasteiger partial charge in [0.2, 0.25) is 0 Å². The first kappa shape index (κ1) is 28.9. The van der Waals surface area contributed by atoms with Crippen LogP contribution in [0.15, 0.2) is 78.9 Å². The predicted molar refractivity (Wildman–Crippen MR) is 167 cm³/mol. The molecule has 1 heterocycles. The van der Waals surface area contributed by atoms with Crippen LogP contribution < -0.4 is 0 Å². The number of hydrogen-bond donors (Lipinski definition) is 1. The second-order valence-electron chi connectivity index (χ2n) is 10.6. The molecule has 41 heavy (non-hydrogen) atoms. The highest BCUT2D eigenvalue weighted by atomic mass is 35.5. The number of benzene rings is 3. The largest absolute Gasteiger partial charge is 0.481 e. The van der Waals surface area contributed by atoms with Crippen molar-refractivity contribution < 1.29 is 19.4 Å². The summed E-state index contributed by atoms with van der Waals surface area (Å²) in [5.41, 5.74) is 5.37. The van der Waals surface area contributed by atoms with Gasteiger partial charge in [-0.2, -0.15) is 11.8 Å². The molecular formula is C34H32ClNO4S. The number of nitrogens with zero attached hydrogens (tertiary/aromatic N) is 1. The van der Waals surface area contributed by atoms with Crippen LogP contribution in [0.25, 0.3) is 23.1 Å². The van der Waals surface area contributed by atoms with Crippen LogP contribution in [0, 0.1) is 5.41 Å². The summed E-state index contributed by atoms with van der Waals surface area (Å²) in [5, 5.41) is 11.3. The number of pyridine rings is 1. The van der Waals surface area contributed by atoms with E-state index in [0.717, 1.165) is 52.7 Å². The van der Waals surface area contributed by atoms with Gasteiger partial charge in [-0.1, -0.05) is 72.3 Å². The number of hydrogen-bond acceptors (Lipinski definition) is 5. The Bertz CT molecular complexity index is 1600. The fourth-order valence-electron chi connectivity index (χ4n) is 5.07. The topological polar surface area (TPSA) is 76.5 Å². The number of methoxy groups -OCH3 is 1. The van der Waals surface area contributed by atoms with Gasteiger partial charge in [0.05, 0.1) is 30.3 Å². The first-order valence-corrected chi connectivity index (χ1v) is 15.1. The summed E-state index contributed by atoms with van der Waals surface area (Å²) < 4.78 is 5.00. The fraction of sp³-hybridized carbons (Fsp3) is 0.265. The number of aryl methyl sites for hydroxylation is 1. The van der Waals surface area contributed by atoms with Crippen LogP contribution in [0.3, 0.4) is 0 Å². The van der Waals surface area contributed by atoms with E-state index in [4.69, 9.17) is 21.3 Å². The van der Waals surface area contributed by atoms with Crippen molar-refractivity contribution in [2.24, 2.45) is 5.41 Å². The zero-order valence-corrected chi connectivity index (χ0v) is 24.5. The monoisotopic (exact) mass is 585 g/mol. The zero-order chi connectivity index (χ0) is 28.8. The maximum Gasteiger partial charge on any atom is 0.338 e. The van der Waals surface area contributed by atoms with Crippen LogP contribution in [-0.2, 0) is 16.0 Å². The Morgan fingerprint density at radius 2 is 1.85 bits per heavy atom. The standard InChI is InChI=1S/C34H32ClNO4S/c1-40-33(39)29-8-3-2-6-24(29)12-16-31(41-22-34(17-18-34)21-32(37)38)26-7-4-5-23(19-26)9-14-28-15-11-25-10-13-27(35)20-30(25)36-28/h2-11,13-15,19-20,31H,12,16-18,21-22H2,1H3,(H,37,38)/t31-/m1/s1. The molecule has 1 saturated carbocycles. The van der Waals surface area contributed by atoms with E-state index in [9.17, 15) is 14.7 Å². The summed E-state index contributed by atoms with van der Waals surface area (Å²) >= 11 is 7.98. The molecule has 0 aliphatic heterocycles. The quantitative estimate of drug-likeness (QED) is 0.168. The van der Waals surface area contributed by atoms with Crippen molar-refractivity contribution in [3.63, 3.8) is 0 Å². The van der Waals surface area contributed by atoms with Gasteiger partial charge in [0.15, 0.2) is 0 Å². The molecule has 1 fully saturated rings. The van der Waals surface area contributed by atoms with Crippen LogP contribution in [0.5, 0.6) is 0 Å². The number of rotatable bonds is 12. The lowest BCUT2D eigenvalue weighted by molar-refractivity contribution is -0.138. The van der Waals surface area contributed by atoms with Gasteiger partial charge in [0.25, 0.3) is 0 Å². The molecule has 1 aromatic heterocycles. The van der Waals surface area contributed by atoms with Gasteiger partial charge in [-0.25, -0.2) is 9.78 Å².